The van der Waals surface area contributed by atoms with Crippen LogP contribution in [0.25, 0.3) is 0 Å². The molecule has 2 aromatic rings. The summed E-state index contributed by atoms with van der Waals surface area (Å²) in [4.78, 5) is 30.3. The number of hydrogen-bond donors (Lipinski definition) is 2. The van der Waals surface area contributed by atoms with E-state index < -0.39 is 22.8 Å². The number of nitrogens with one attached hydrogen (secondary N) is 2. The first-order chi connectivity index (χ1) is 11.4. The Balaban J connectivity index is 2.09. The highest BCUT2D eigenvalue weighted by Gasteiger charge is 2.18. The van der Waals surface area contributed by atoms with Gasteiger partial charge in [0.25, 0.3) is 5.56 Å². The highest BCUT2D eigenvalue weighted by Crippen LogP contribution is 2.21. The summed E-state index contributed by atoms with van der Waals surface area (Å²) < 4.78 is 31.6. The Kier molecular flexibility index (Phi) is 6.04. The number of ether oxygens (including phenoxy) is 1. The van der Waals surface area contributed by atoms with Crippen LogP contribution in [0.5, 0.6) is 0 Å². The number of carbonyl (C=O) groups is 1. The Morgan fingerprint density at radius 3 is 2.88 bits per heavy atom. The highest BCUT2D eigenvalue weighted by molar-refractivity contribution is 8.00. The lowest BCUT2D eigenvalue weighted by Gasteiger charge is -2.12. The van der Waals surface area contributed by atoms with Crippen LogP contribution in [0.1, 0.15) is 12.6 Å². The van der Waals surface area contributed by atoms with Crippen LogP contribution >= 0.6 is 11.8 Å². The number of amides is 1. The summed E-state index contributed by atoms with van der Waals surface area (Å²) in [6.45, 7) is 1.72. The number of carbonyl (C=O) groups excluding carboxylic acids is 1. The van der Waals surface area contributed by atoms with E-state index in [1.807, 2.05) is 0 Å². The Morgan fingerprint density at radius 1 is 1.42 bits per heavy atom. The lowest BCUT2D eigenvalue weighted by Crippen LogP contribution is -2.24. The largest absolute Gasteiger partial charge is 0.378 e. The quantitative estimate of drug-likeness (QED) is 0.614. The van der Waals surface area contributed by atoms with E-state index in [-0.39, 0.29) is 23.0 Å². The van der Waals surface area contributed by atoms with Gasteiger partial charge in [-0.05, 0) is 19.1 Å². The summed E-state index contributed by atoms with van der Waals surface area (Å²) in [5, 5.41) is 1.84. The molecule has 0 saturated heterocycles. The first-order valence-corrected chi connectivity index (χ1v) is 7.78. The van der Waals surface area contributed by atoms with Crippen molar-refractivity contribution in [2.24, 2.45) is 0 Å². The molecule has 2 N–H and O–H groups in total. The molecule has 0 saturated carbocycles. The summed E-state index contributed by atoms with van der Waals surface area (Å²) in [5.41, 5.74) is -0.196. The number of methoxy groups -OCH3 is 1. The maximum atomic E-state index is 13.5. The molecule has 1 aromatic heterocycles. The molecule has 1 amide bonds. The molecule has 24 heavy (non-hydrogen) atoms. The standard InChI is InChI=1S/C15H15F2N3O3S/c1-8(14(22)19-12-5-9(16)3-4-11(12)17)24-15-18-10(7-23-2)6-13(21)20-15/h3-6,8H,7H2,1-2H3,(H,19,22)(H,18,20,21). The van der Waals surface area contributed by atoms with Crippen LogP contribution < -0.4 is 10.9 Å². The zero-order valence-electron chi connectivity index (χ0n) is 12.9. The summed E-state index contributed by atoms with van der Waals surface area (Å²) in [6, 6.07) is 4.07. The number of hydrogen-bond acceptors (Lipinski definition) is 5. The molecule has 0 fully saturated rings. The van der Waals surface area contributed by atoms with E-state index >= 15 is 0 Å². The van der Waals surface area contributed by atoms with E-state index in [2.05, 4.69) is 15.3 Å². The molecule has 6 nitrogen and oxygen atoms in total. The number of H-pyrrole nitrogens is 1. The Labute approximate surface area is 140 Å². The molecule has 128 valence electrons. The summed E-state index contributed by atoms with van der Waals surface area (Å²) >= 11 is 0.985. The predicted octanol–water partition coefficient (Wildman–Crippen LogP) is 2.31. The molecule has 1 atom stereocenters. The average molecular weight is 355 g/mol. The number of rotatable bonds is 6. The van der Waals surface area contributed by atoms with Crippen LogP contribution in [0.4, 0.5) is 14.5 Å². The fraction of sp³-hybridized carbons (Fsp3) is 0.267. The number of thioether (sulfide) groups is 1. The van der Waals surface area contributed by atoms with Gasteiger partial charge >= 0.3 is 0 Å². The molecule has 0 radical (unpaired) electrons. The van der Waals surface area contributed by atoms with Crippen LogP contribution in [0.2, 0.25) is 0 Å². The van der Waals surface area contributed by atoms with Crippen LogP contribution in [0, 0.1) is 11.6 Å². The maximum Gasteiger partial charge on any atom is 0.251 e. The summed E-state index contributed by atoms with van der Waals surface area (Å²) in [5.74, 6) is -1.95. The Hall–Kier alpha value is -2.26. The number of aromatic amines is 1. The van der Waals surface area contributed by atoms with Gasteiger partial charge in [-0.3, -0.25) is 9.59 Å². The number of nitrogens with zero attached hydrogens (tertiary/aromatic N) is 1. The SMILES string of the molecule is COCc1cc(=O)[nH]c(SC(C)C(=O)Nc2cc(F)ccc2F)n1. The van der Waals surface area contributed by atoms with Gasteiger partial charge in [0.2, 0.25) is 5.91 Å². The summed E-state index contributed by atoms with van der Waals surface area (Å²) in [7, 11) is 1.47. The molecule has 0 bridgehead atoms. The fourth-order valence-corrected chi connectivity index (χ4v) is 2.64. The van der Waals surface area contributed by atoms with Crippen molar-refractivity contribution in [1.29, 1.82) is 0 Å². The van der Waals surface area contributed by atoms with Gasteiger partial charge in [-0.1, -0.05) is 11.8 Å². The lowest BCUT2D eigenvalue weighted by atomic mass is 10.3. The second-order valence-electron chi connectivity index (χ2n) is 4.85. The molecule has 9 heteroatoms. The highest BCUT2D eigenvalue weighted by atomic mass is 32.2. The van der Waals surface area contributed by atoms with Crippen molar-refractivity contribution >= 4 is 23.4 Å². The maximum absolute atomic E-state index is 13.5. The van der Waals surface area contributed by atoms with Crippen molar-refractivity contribution < 1.29 is 18.3 Å². The molecule has 1 unspecified atom stereocenters. The average Bonchev–Trinajstić information content (AvgIpc) is 2.50. The minimum atomic E-state index is -0.740. The zero-order valence-corrected chi connectivity index (χ0v) is 13.7. The molecular formula is C15H15F2N3O3S. The van der Waals surface area contributed by atoms with E-state index in [1.54, 1.807) is 6.92 Å². The zero-order chi connectivity index (χ0) is 17.7. The normalized spacial score (nSPS) is 12.0. The first kappa shape index (κ1) is 18.1. The van der Waals surface area contributed by atoms with Crippen molar-refractivity contribution in [2.75, 3.05) is 12.4 Å². The smallest absolute Gasteiger partial charge is 0.251 e. The van der Waals surface area contributed by atoms with Crippen LogP contribution in [-0.4, -0.2) is 28.2 Å². The minimum Gasteiger partial charge on any atom is -0.378 e. The molecule has 1 aromatic carbocycles. The number of anilines is 1. The van der Waals surface area contributed by atoms with Gasteiger partial charge < -0.3 is 15.0 Å². The Bertz CT molecular complexity index is 798. The van der Waals surface area contributed by atoms with Gasteiger partial charge in [0.1, 0.15) is 11.6 Å². The van der Waals surface area contributed by atoms with Gasteiger partial charge in [0.15, 0.2) is 5.16 Å². The van der Waals surface area contributed by atoms with Crippen molar-refractivity contribution in [3.63, 3.8) is 0 Å². The molecule has 0 aliphatic carbocycles. The van der Waals surface area contributed by atoms with Crippen molar-refractivity contribution in [2.45, 2.75) is 23.9 Å². The van der Waals surface area contributed by atoms with Gasteiger partial charge in [0, 0.05) is 19.2 Å². The number of halogens is 2. The second kappa shape index (κ2) is 8.02. The van der Waals surface area contributed by atoms with Crippen LogP contribution in [-0.2, 0) is 16.1 Å². The third kappa shape index (κ3) is 4.87. The van der Waals surface area contributed by atoms with Crippen LogP contribution in [0.3, 0.4) is 0 Å². The summed E-state index contributed by atoms with van der Waals surface area (Å²) in [6.07, 6.45) is 0. The monoisotopic (exact) mass is 355 g/mol. The van der Waals surface area contributed by atoms with Crippen LogP contribution in [0.15, 0.2) is 34.2 Å². The van der Waals surface area contributed by atoms with E-state index in [0.717, 1.165) is 30.0 Å². The topological polar surface area (TPSA) is 84.1 Å². The van der Waals surface area contributed by atoms with E-state index in [1.165, 1.54) is 13.2 Å². The van der Waals surface area contributed by atoms with E-state index in [9.17, 15) is 18.4 Å². The Morgan fingerprint density at radius 2 is 2.17 bits per heavy atom. The number of aromatic nitrogens is 2. The molecule has 0 spiro atoms. The molecule has 0 aliphatic heterocycles. The number of benzene rings is 1. The molecule has 1 heterocycles. The first-order valence-electron chi connectivity index (χ1n) is 6.91. The van der Waals surface area contributed by atoms with Crippen molar-refractivity contribution in [3.8, 4) is 0 Å². The second-order valence-corrected chi connectivity index (χ2v) is 6.18. The predicted molar refractivity (Wildman–Crippen MR) is 85.9 cm³/mol. The molecule has 2 rings (SSSR count). The third-order valence-corrected chi connectivity index (χ3v) is 3.89. The van der Waals surface area contributed by atoms with Gasteiger partial charge in [0.05, 0.1) is 23.2 Å². The van der Waals surface area contributed by atoms with Gasteiger partial charge in [-0.2, -0.15) is 0 Å². The molecule has 0 aliphatic rings. The fourth-order valence-electron chi connectivity index (χ4n) is 1.81. The van der Waals surface area contributed by atoms with Gasteiger partial charge in [-0.15, -0.1) is 0 Å². The minimum absolute atomic E-state index is 0.159. The molecular weight excluding hydrogens is 340 g/mol. The third-order valence-electron chi connectivity index (χ3n) is 2.91. The van der Waals surface area contributed by atoms with Gasteiger partial charge in [-0.25, -0.2) is 13.8 Å². The van der Waals surface area contributed by atoms with E-state index in [0.29, 0.717) is 5.69 Å². The van der Waals surface area contributed by atoms with Crippen molar-refractivity contribution in [3.05, 3.63) is 51.9 Å². The van der Waals surface area contributed by atoms with Crippen molar-refractivity contribution in [1.82, 2.24) is 9.97 Å². The van der Waals surface area contributed by atoms with E-state index in [4.69, 9.17) is 4.74 Å². The lowest BCUT2D eigenvalue weighted by molar-refractivity contribution is -0.115.